The van der Waals surface area contributed by atoms with E-state index in [-0.39, 0.29) is 11.8 Å². The largest absolute Gasteiger partial charge is 0.449 e. The van der Waals surface area contributed by atoms with E-state index in [1.165, 1.54) is 6.08 Å². The van der Waals surface area contributed by atoms with Gasteiger partial charge < -0.3 is 14.6 Å². The van der Waals surface area contributed by atoms with Gasteiger partial charge in [-0.2, -0.15) is 4.98 Å². The van der Waals surface area contributed by atoms with E-state index in [9.17, 15) is 9.59 Å². The van der Waals surface area contributed by atoms with E-state index >= 15 is 0 Å². The SMILES string of the molecule is CNC(=O)c1ccc(/C=C/C(=O)OC(C)c2nc(C)no2)cc1. The summed E-state index contributed by atoms with van der Waals surface area (Å²) in [5.74, 6) is 0.0428. The molecule has 1 unspecified atom stereocenters. The van der Waals surface area contributed by atoms with Crippen molar-refractivity contribution in [3.05, 3.63) is 53.2 Å². The summed E-state index contributed by atoms with van der Waals surface area (Å²) in [7, 11) is 1.57. The van der Waals surface area contributed by atoms with Crippen LogP contribution >= 0.6 is 0 Å². The molecule has 0 spiro atoms. The van der Waals surface area contributed by atoms with Gasteiger partial charge in [0.2, 0.25) is 0 Å². The Morgan fingerprint density at radius 1 is 1.30 bits per heavy atom. The van der Waals surface area contributed by atoms with Crippen molar-refractivity contribution in [2.24, 2.45) is 0 Å². The molecule has 0 bridgehead atoms. The van der Waals surface area contributed by atoms with Gasteiger partial charge in [-0.3, -0.25) is 4.79 Å². The monoisotopic (exact) mass is 315 g/mol. The van der Waals surface area contributed by atoms with Crippen molar-refractivity contribution in [3.8, 4) is 0 Å². The number of ether oxygens (including phenoxy) is 1. The van der Waals surface area contributed by atoms with Crippen LogP contribution in [0.4, 0.5) is 0 Å². The first-order valence-corrected chi connectivity index (χ1v) is 7.00. The minimum Gasteiger partial charge on any atom is -0.449 e. The fraction of sp³-hybridized carbons (Fsp3) is 0.250. The molecule has 7 heteroatoms. The lowest BCUT2D eigenvalue weighted by atomic mass is 10.1. The predicted molar refractivity (Wildman–Crippen MR) is 82.4 cm³/mol. The van der Waals surface area contributed by atoms with Crippen LogP contribution in [0, 0.1) is 6.92 Å². The van der Waals surface area contributed by atoms with Gasteiger partial charge in [0.15, 0.2) is 11.9 Å². The summed E-state index contributed by atoms with van der Waals surface area (Å²) in [6.07, 6.45) is 2.28. The number of aryl methyl sites for hydroxylation is 1. The quantitative estimate of drug-likeness (QED) is 0.670. The van der Waals surface area contributed by atoms with Crippen LogP contribution in [0.25, 0.3) is 6.08 Å². The Labute approximate surface area is 133 Å². The van der Waals surface area contributed by atoms with Gasteiger partial charge >= 0.3 is 5.97 Å². The van der Waals surface area contributed by atoms with Crippen molar-refractivity contribution in [2.45, 2.75) is 20.0 Å². The molecule has 0 aliphatic heterocycles. The highest BCUT2D eigenvalue weighted by Gasteiger charge is 2.16. The number of hydrogen-bond acceptors (Lipinski definition) is 6. The number of nitrogens with zero attached hydrogens (tertiary/aromatic N) is 2. The molecule has 1 aromatic carbocycles. The number of nitrogens with one attached hydrogen (secondary N) is 1. The molecule has 1 N–H and O–H groups in total. The topological polar surface area (TPSA) is 94.3 Å². The number of hydrogen-bond donors (Lipinski definition) is 1. The number of amides is 1. The van der Waals surface area contributed by atoms with Gasteiger partial charge in [0.05, 0.1) is 0 Å². The minimum atomic E-state index is -0.621. The van der Waals surface area contributed by atoms with Gasteiger partial charge in [0.1, 0.15) is 0 Å². The van der Waals surface area contributed by atoms with E-state index in [2.05, 4.69) is 15.5 Å². The highest BCUT2D eigenvalue weighted by molar-refractivity contribution is 5.94. The second kappa shape index (κ2) is 7.35. The van der Waals surface area contributed by atoms with Crippen LogP contribution < -0.4 is 5.32 Å². The lowest BCUT2D eigenvalue weighted by Gasteiger charge is -2.06. The second-order valence-corrected chi connectivity index (χ2v) is 4.79. The van der Waals surface area contributed by atoms with Crippen LogP contribution in [0.2, 0.25) is 0 Å². The fourth-order valence-electron chi connectivity index (χ4n) is 1.80. The summed E-state index contributed by atoms with van der Waals surface area (Å²) in [4.78, 5) is 27.2. The van der Waals surface area contributed by atoms with Gasteiger partial charge in [-0.25, -0.2) is 4.79 Å². The van der Waals surface area contributed by atoms with Gasteiger partial charge in [-0.15, -0.1) is 0 Å². The maximum absolute atomic E-state index is 11.8. The Balaban J connectivity index is 1.94. The Morgan fingerprint density at radius 3 is 2.57 bits per heavy atom. The van der Waals surface area contributed by atoms with E-state index in [0.29, 0.717) is 11.4 Å². The first-order chi connectivity index (χ1) is 11.0. The van der Waals surface area contributed by atoms with Crippen LogP contribution in [-0.2, 0) is 9.53 Å². The summed E-state index contributed by atoms with van der Waals surface area (Å²) < 4.78 is 10.1. The number of carbonyl (C=O) groups excluding carboxylic acids is 2. The van der Waals surface area contributed by atoms with Crippen molar-refractivity contribution < 1.29 is 18.8 Å². The Hall–Kier alpha value is -2.96. The van der Waals surface area contributed by atoms with Crippen LogP contribution in [0.1, 0.15) is 40.7 Å². The molecule has 0 aliphatic rings. The molecule has 1 aromatic heterocycles. The van der Waals surface area contributed by atoms with Crippen LogP contribution in [0.15, 0.2) is 34.9 Å². The average Bonchev–Trinajstić information content (AvgIpc) is 2.99. The standard InChI is InChI=1S/C16H17N3O4/c1-10(16-18-11(2)19-23-16)22-14(20)9-6-12-4-7-13(8-5-12)15(21)17-3/h4-10H,1-3H3,(H,17,21)/b9-6+. The Bertz CT molecular complexity index is 719. The van der Waals surface area contributed by atoms with E-state index in [1.807, 2.05) is 0 Å². The molecule has 1 heterocycles. The first kappa shape index (κ1) is 16.4. The smallest absolute Gasteiger partial charge is 0.331 e. The lowest BCUT2D eigenvalue weighted by Crippen LogP contribution is -2.17. The van der Waals surface area contributed by atoms with E-state index in [1.54, 1.807) is 51.2 Å². The van der Waals surface area contributed by atoms with Crippen molar-refractivity contribution in [3.63, 3.8) is 0 Å². The van der Waals surface area contributed by atoms with E-state index < -0.39 is 12.1 Å². The number of benzene rings is 1. The average molecular weight is 315 g/mol. The van der Waals surface area contributed by atoms with E-state index in [4.69, 9.17) is 9.26 Å². The van der Waals surface area contributed by atoms with Crippen molar-refractivity contribution in [1.29, 1.82) is 0 Å². The third-order valence-corrected chi connectivity index (χ3v) is 3.00. The van der Waals surface area contributed by atoms with Gasteiger partial charge in [0, 0.05) is 18.7 Å². The molecule has 2 aromatic rings. The molecule has 1 amide bonds. The van der Waals surface area contributed by atoms with Crippen LogP contribution in [-0.4, -0.2) is 29.1 Å². The Kier molecular flexibility index (Phi) is 5.24. The number of esters is 1. The zero-order chi connectivity index (χ0) is 16.8. The predicted octanol–water partition coefficient (Wildman–Crippen LogP) is 2.06. The van der Waals surface area contributed by atoms with Crippen LogP contribution in [0.5, 0.6) is 0 Å². The summed E-state index contributed by atoms with van der Waals surface area (Å²) >= 11 is 0. The summed E-state index contributed by atoms with van der Waals surface area (Å²) in [6.45, 7) is 3.33. The molecule has 7 nitrogen and oxygen atoms in total. The van der Waals surface area contributed by atoms with Crippen molar-refractivity contribution in [1.82, 2.24) is 15.5 Å². The third-order valence-electron chi connectivity index (χ3n) is 3.00. The first-order valence-electron chi connectivity index (χ1n) is 7.00. The summed E-state index contributed by atoms with van der Waals surface area (Å²) in [6, 6.07) is 6.82. The maximum Gasteiger partial charge on any atom is 0.331 e. The zero-order valence-electron chi connectivity index (χ0n) is 13.1. The fourth-order valence-corrected chi connectivity index (χ4v) is 1.80. The van der Waals surface area contributed by atoms with E-state index in [0.717, 1.165) is 5.56 Å². The molecule has 120 valence electrons. The van der Waals surface area contributed by atoms with Gasteiger partial charge in [-0.05, 0) is 37.6 Å². The zero-order valence-corrected chi connectivity index (χ0v) is 13.1. The number of carbonyl (C=O) groups is 2. The highest BCUT2D eigenvalue weighted by atomic mass is 16.6. The second-order valence-electron chi connectivity index (χ2n) is 4.79. The highest BCUT2D eigenvalue weighted by Crippen LogP contribution is 2.15. The summed E-state index contributed by atoms with van der Waals surface area (Å²) in [5, 5.41) is 6.18. The molecule has 0 fully saturated rings. The molecule has 0 saturated carbocycles. The lowest BCUT2D eigenvalue weighted by molar-refractivity contribution is -0.143. The third kappa shape index (κ3) is 4.50. The van der Waals surface area contributed by atoms with Gasteiger partial charge in [0.25, 0.3) is 11.8 Å². The number of rotatable bonds is 5. The summed E-state index contributed by atoms with van der Waals surface area (Å²) in [5.41, 5.74) is 1.32. The molecule has 0 aliphatic carbocycles. The maximum atomic E-state index is 11.8. The molecule has 23 heavy (non-hydrogen) atoms. The number of aromatic nitrogens is 2. The molecule has 0 radical (unpaired) electrons. The van der Waals surface area contributed by atoms with Gasteiger partial charge in [-0.1, -0.05) is 17.3 Å². The molecule has 2 rings (SSSR count). The Morgan fingerprint density at radius 2 is 2.00 bits per heavy atom. The molecule has 1 atom stereocenters. The van der Waals surface area contributed by atoms with Crippen molar-refractivity contribution >= 4 is 18.0 Å². The van der Waals surface area contributed by atoms with Crippen molar-refractivity contribution in [2.75, 3.05) is 7.05 Å². The normalized spacial score (nSPS) is 12.1. The molecular weight excluding hydrogens is 298 g/mol. The van der Waals surface area contributed by atoms with Crippen LogP contribution in [0.3, 0.4) is 0 Å². The minimum absolute atomic E-state index is 0.163. The molecule has 0 saturated heterocycles. The molecular formula is C16H17N3O4.